The topological polar surface area (TPSA) is 52.8 Å². The molecular weight excluding hydrogens is 349 g/mol. The first-order valence-electron chi connectivity index (χ1n) is 7.77. The van der Waals surface area contributed by atoms with Gasteiger partial charge in [-0.2, -0.15) is 13.2 Å². The lowest BCUT2D eigenvalue weighted by molar-refractivity contribution is -0.154. The van der Waals surface area contributed by atoms with Gasteiger partial charge in [-0.1, -0.05) is 18.2 Å². The van der Waals surface area contributed by atoms with Crippen molar-refractivity contribution in [2.24, 2.45) is 0 Å². The van der Waals surface area contributed by atoms with E-state index in [1.807, 2.05) is 0 Å². The number of imidazole rings is 1. The zero-order chi connectivity index (χ0) is 18.7. The van der Waals surface area contributed by atoms with E-state index in [9.17, 15) is 18.0 Å². The molecule has 0 amide bonds. The summed E-state index contributed by atoms with van der Waals surface area (Å²) in [5, 5.41) is 0. The van der Waals surface area contributed by atoms with E-state index in [4.69, 9.17) is 9.47 Å². The summed E-state index contributed by atoms with van der Waals surface area (Å²) in [5.41, 5.74) is 0.432. The van der Waals surface area contributed by atoms with E-state index in [1.54, 1.807) is 35.0 Å². The first-order valence-corrected chi connectivity index (χ1v) is 7.77. The van der Waals surface area contributed by atoms with Crippen molar-refractivity contribution < 1.29 is 27.4 Å². The number of ether oxygens (including phenoxy) is 2. The molecule has 0 saturated heterocycles. The molecule has 136 valence electrons. The predicted octanol–water partition coefficient (Wildman–Crippen LogP) is 3.86. The van der Waals surface area contributed by atoms with Crippen molar-refractivity contribution >= 4 is 11.6 Å². The van der Waals surface area contributed by atoms with Gasteiger partial charge in [0.25, 0.3) is 0 Å². The molecule has 26 heavy (non-hydrogen) atoms. The van der Waals surface area contributed by atoms with E-state index >= 15 is 0 Å². The summed E-state index contributed by atoms with van der Waals surface area (Å²) < 4.78 is 51.0. The molecule has 1 aromatic carbocycles. The third-order valence-corrected chi connectivity index (χ3v) is 3.70. The van der Waals surface area contributed by atoms with Crippen LogP contribution in [-0.4, -0.2) is 21.5 Å². The van der Waals surface area contributed by atoms with Crippen molar-refractivity contribution in [2.45, 2.75) is 25.8 Å². The van der Waals surface area contributed by atoms with Gasteiger partial charge in [0.2, 0.25) is 0 Å². The number of hydrogen-bond acceptors (Lipinski definition) is 4. The Morgan fingerprint density at radius 2 is 1.96 bits per heavy atom. The Balaban J connectivity index is 1.67. The fourth-order valence-corrected chi connectivity index (χ4v) is 2.43. The van der Waals surface area contributed by atoms with E-state index in [0.717, 1.165) is 6.07 Å². The largest absolute Gasteiger partial charge is 0.478 e. The first-order chi connectivity index (χ1) is 12.4. The summed E-state index contributed by atoms with van der Waals surface area (Å²) in [6.45, 7) is 1.29. The lowest BCUT2D eigenvalue weighted by Crippen LogP contribution is -2.27. The Labute approximate surface area is 147 Å². The van der Waals surface area contributed by atoms with E-state index in [-0.39, 0.29) is 6.61 Å². The standard InChI is InChI=1S/C18H15F3N2O3/c1-12(26-15-7-3-2-6-14(15)18(19,20)21)17(24)25-11-13-5-4-8-16-22-9-10-23(13)16/h2-10,12H,11H2,1H3/t12-/m1/s1. The number of halogens is 3. The number of para-hydroxylation sites is 1. The van der Waals surface area contributed by atoms with Gasteiger partial charge in [-0.05, 0) is 31.2 Å². The van der Waals surface area contributed by atoms with Crippen LogP contribution in [0.15, 0.2) is 54.9 Å². The number of aromatic nitrogens is 2. The average molecular weight is 364 g/mol. The number of pyridine rings is 1. The number of nitrogens with zero attached hydrogens (tertiary/aromatic N) is 2. The van der Waals surface area contributed by atoms with Gasteiger partial charge >= 0.3 is 12.1 Å². The SMILES string of the molecule is C[C@@H](Oc1ccccc1C(F)(F)F)C(=O)OCc1cccc2nccn12. The molecule has 0 bridgehead atoms. The third kappa shape index (κ3) is 3.79. The van der Waals surface area contributed by atoms with Gasteiger partial charge in [-0.15, -0.1) is 0 Å². The number of rotatable bonds is 5. The molecule has 0 spiro atoms. The fraction of sp³-hybridized carbons (Fsp3) is 0.222. The number of carbonyl (C=O) groups excluding carboxylic acids is 1. The summed E-state index contributed by atoms with van der Waals surface area (Å²) in [6, 6.07) is 10.0. The highest BCUT2D eigenvalue weighted by Crippen LogP contribution is 2.36. The van der Waals surface area contributed by atoms with Crippen LogP contribution in [0, 0.1) is 0 Å². The molecule has 0 aliphatic heterocycles. The minimum Gasteiger partial charge on any atom is -0.478 e. The molecule has 2 aromatic heterocycles. The summed E-state index contributed by atoms with van der Waals surface area (Å²) >= 11 is 0. The van der Waals surface area contributed by atoms with Gasteiger partial charge in [-0.25, -0.2) is 9.78 Å². The Hall–Kier alpha value is -3.03. The van der Waals surface area contributed by atoms with Crippen LogP contribution in [0.2, 0.25) is 0 Å². The molecule has 3 aromatic rings. The van der Waals surface area contributed by atoms with E-state index in [0.29, 0.717) is 11.3 Å². The predicted molar refractivity (Wildman–Crippen MR) is 86.5 cm³/mol. The summed E-state index contributed by atoms with van der Waals surface area (Å²) in [7, 11) is 0. The van der Waals surface area contributed by atoms with Gasteiger partial charge in [0.1, 0.15) is 18.0 Å². The molecule has 1 atom stereocenters. The summed E-state index contributed by atoms with van der Waals surface area (Å²) in [6.07, 6.45) is -2.43. The van der Waals surface area contributed by atoms with Crippen molar-refractivity contribution in [3.63, 3.8) is 0 Å². The summed E-state index contributed by atoms with van der Waals surface area (Å²) in [4.78, 5) is 16.2. The molecule has 0 radical (unpaired) electrons. The quantitative estimate of drug-likeness (QED) is 0.645. The number of hydrogen-bond donors (Lipinski definition) is 0. The van der Waals surface area contributed by atoms with Gasteiger partial charge in [0.15, 0.2) is 6.10 Å². The average Bonchev–Trinajstić information content (AvgIpc) is 3.08. The maximum atomic E-state index is 13.0. The van der Waals surface area contributed by atoms with Gasteiger partial charge < -0.3 is 13.9 Å². The Morgan fingerprint density at radius 3 is 2.73 bits per heavy atom. The maximum absolute atomic E-state index is 13.0. The zero-order valence-corrected chi connectivity index (χ0v) is 13.7. The van der Waals surface area contributed by atoms with Crippen LogP contribution in [0.1, 0.15) is 18.2 Å². The van der Waals surface area contributed by atoms with Crippen LogP contribution in [0.3, 0.4) is 0 Å². The van der Waals surface area contributed by atoms with Crippen LogP contribution in [0.25, 0.3) is 5.65 Å². The molecular formula is C18H15F3N2O3. The third-order valence-electron chi connectivity index (χ3n) is 3.70. The lowest BCUT2D eigenvalue weighted by atomic mass is 10.2. The molecule has 3 rings (SSSR count). The fourth-order valence-electron chi connectivity index (χ4n) is 2.43. The molecule has 5 nitrogen and oxygen atoms in total. The first kappa shape index (κ1) is 17.8. The van der Waals surface area contributed by atoms with Crippen LogP contribution in [-0.2, 0) is 22.3 Å². The van der Waals surface area contributed by atoms with Crippen molar-refractivity contribution in [2.75, 3.05) is 0 Å². The lowest BCUT2D eigenvalue weighted by Gasteiger charge is -2.18. The van der Waals surface area contributed by atoms with Crippen LogP contribution >= 0.6 is 0 Å². The molecule has 0 unspecified atom stereocenters. The second-order valence-electron chi connectivity index (χ2n) is 5.53. The van der Waals surface area contributed by atoms with E-state index in [2.05, 4.69) is 4.98 Å². The van der Waals surface area contributed by atoms with Gasteiger partial charge in [0.05, 0.1) is 11.3 Å². The number of alkyl halides is 3. The summed E-state index contributed by atoms with van der Waals surface area (Å²) in [5.74, 6) is -1.18. The van der Waals surface area contributed by atoms with Crippen LogP contribution in [0.5, 0.6) is 5.75 Å². The Morgan fingerprint density at radius 1 is 1.19 bits per heavy atom. The van der Waals surface area contributed by atoms with Crippen molar-refractivity contribution in [3.05, 3.63) is 66.1 Å². The highest BCUT2D eigenvalue weighted by molar-refractivity contribution is 5.74. The zero-order valence-electron chi connectivity index (χ0n) is 13.7. The second kappa shape index (κ2) is 7.07. The van der Waals surface area contributed by atoms with Gasteiger partial charge in [-0.3, -0.25) is 0 Å². The highest BCUT2D eigenvalue weighted by Gasteiger charge is 2.35. The van der Waals surface area contributed by atoms with Crippen molar-refractivity contribution in [1.82, 2.24) is 9.38 Å². The molecule has 0 N–H and O–H groups in total. The van der Waals surface area contributed by atoms with Gasteiger partial charge in [0, 0.05) is 12.4 Å². The molecule has 0 fully saturated rings. The number of fused-ring (bicyclic) bond motifs is 1. The number of esters is 1. The number of carbonyl (C=O) groups is 1. The molecule has 0 aliphatic carbocycles. The molecule has 2 heterocycles. The van der Waals surface area contributed by atoms with Crippen molar-refractivity contribution in [1.29, 1.82) is 0 Å². The second-order valence-corrected chi connectivity index (χ2v) is 5.53. The van der Waals surface area contributed by atoms with E-state index in [1.165, 1.54) is 25.1 Å². The maximum Gasteiger partial charge on any atom is 0.419 e. The van der Waals surface area contributed by atoms with Crippen LogP contribution < -0.4 is 4.74 Å². The Bertz CT molecular complexity index is 921. The number of benzene rings is 1. The minimum absolute atomic E-state index is 0.0544. The normalized spacial score (nSPS) is 12.8. The smallest absolute Gasteiger partial charge is 0.419 e. The molecule has 8 heteroatoms. The van der Waals surface area contributed by atoms with Crippen LogP contribution in [0.4, 0.5) is 13.2 Å². The van der Waals surface area contributed by atoms with Crippen molar-refractivity contribution in [3.8, 4) is 5.75 Å². The molecule has 0 saturated carbocycles. The highest BCUT2D eigenvalue weighted by atomic mass is 19.4. The molecule has 0 aliphatic rings. The monoisotopic (exact) mass is 364 g/mol. The van der Waals surface area contributed by atoms with E-state index < -0.39 is 29.6 Å². The Kier molecular flexibility index (Phi) is 4.83. The minimum atomic E-state index is -4.57.